The Morgan fingerprint density at radius 1 is 1.35 bits per heavy atom. The first-order chi connectivity index (χ1) is 9.60. The van der Waals surface area contributed by atoms with Crippen molar-refractivity contribution in [1.82, 2.24) is 9.97 Å². The summed E-state index contributed by atoms with van der Waals surface area (Å²) in [6.07, 6.45) is 3.04. The van der Waals surface area contributed by atoms with Gasteiger partial charge in [0.05, 0.1) is 12.4 Å². The van der Waals surface area contributed by atoms with Gasteiger partial charge in [-0.15, -0.1) is 0 Å². The molecule has 0 aliphatic rings. The Labute approximate surface area is 126 Å². The van der Waals surface area contributed by atoms with Crippen molar-refractivity contribution in [2.24, 2.45) is 0 Å². The van der Waals surface area contributed by atoms with Gasteiger partial charge in [0, 0.05) is 16.7 Å². The topological polar surface area (TPSA) is 66.9 Å². The molecule has 20 heavy (non-hydrogen) atoms. The highest BCUT2D eigenvalue weighted by atomic mass is 79.9. The molecule has 1 aromatic carbocycles. The van der Waals surface area contributed by atoms with Crippen molar-refractivity contribution in [2.75, 3.05) is 17.2 Å². The predicted molar refractivity (Wildman–Crippen MR) is 83.0 cm³/mol. The van der Waals surface area contributed by atoms with E-state index < -0.39 is 0 Å². The molecular formula is C14H15BrN4O. The molecule has 0 spiro atoms. The van der Waals surface area contributed by atoms with E-state index in [1.807, 2.05) is 32.0 Å². The first-order valence-corrected chi connectivity index (χ1v) is 7.03. The van der Waals surface area contributed by atoms with E-state index in [0.717, 1.165) is 22.3 Å². The number of rotatable bonds is 4. The first kappa shape index (κ1) is 14.5. The fraction of sp³-hybridized carbons (Fsp3) is 0.214. The maximum Gasteiger partial charge on any atom is 0.275 e. The molecular weight excluding hydrogens is 320 g/mol. The van der Waals surface area contributed by atoms with Crippen molar-refractivity contribution >= 4 is 33.3 Å². The quantitative estimate of drug-likeness (QED) is 0.900. The smallest absolute Gasteiger partial charge is 0.275 e. The summed E-state index contributed by atoms with van der Waals surface area (Å²) in [6.45, 7) is 4.62. The normalized spacial score (nSPS) is 10.2. The van der Waals surface area contributed by atoms with E-state index in [4.69, 9.17) is 0 Å². The number of benzene rings is 1. The Hall–Kier alpha value is -1.95. The summed E-state index contributed by atoms with van der Waals surface area (Å²) < 4.78 is 0.908. The lowest BCUT2D eigenvalue weighted by Crippen LogP contribution is -2.15. The first-order valence-electron chi connectivity index (χ1n) is 6.23. The van der Waals surface area contributed by atoms with Gasteiger partial charge in [-0.05, 0) is 31.5 Å². The van der Waals surface area contributed by atoms with Crippen LogP contribution in [0.5, 0.6) is 0 Å². The number of anilines is 2. The van der Waals surface area contributed by atoms with Gasteiger partial charge >= 0.3 is 0 Å². The van der Waals surface area contributed by atoms with Crippen LogP contribution in [0.25, 0.3) is 0 Å². The number of aromatic nitrogens is 2. The summed E-state index contributed by atoms with van der Waals surface area (Å²) in [5.74, 6) is 0.310. The molecule has 1 amide bonds. The van der Waals surface area contributed by atoms with Gasteiger partial charge in [-0.1, -0.05) is 22.0 Å². The molecule has 2 N–H and O–H groups in total. The van der Waals surface area contributed by atoms with E-state index in [2.05, 4.69) is 36.5 Å². The lowest BCUT2D eigenvalue weighted by Gasteiger charge is -2.09. The van der Waals surface area contributed by atoms with Gasteiger partial charge in [-0.2, -0.15) is 0 Å². The monoisotopic (exact) mass is 334 g/mol. The molecule has 0 saturated carbocycles. The average molecular weight is 335 g/mol. The summed E-state index contributed by atoms with van der Waals surface area (Å²) in [4.78, 5) is 20.4. The zero-order valence-electron chi connectivity index (χ0n) is 11.3. The van der Waals surface area contributed by atoms with E-state index in [0.29, 0.717) is 5.82 Å². The molecule has 0 atom stereocenters. The highest BCUT2D eigenvalue weighted by molar-refractivity contribution is 9.10. The van der Waals surface area contributed by atoms with Crippen LogP contribution in [0.4, 0.5) is 11.5 Å². The third kappa shape index (κ3) is 3.54. The highest BCUT2D eigenvalue weighted by Gasteiger charge is 2.10. The Bertz CT molecular complexity index is 630. The number of carbonyl (C=O) groups is 1. The van der Waals surface area contributed by atoms with Crippen molar-refractivity contribution in [3.05, 3.63) is 46.3 Å². The molecule has 0 saturated heterocycles. The predicted octanol–water partition coefficient (Wildman–Crippen LogP) is 3.23. The molecule has 0 aliphatic heterocycles. The minimum Gasteiger partial charge on any atom is -0.369 e. The van der Waals surface area contributed by atoms with Gasteiger partial charge in [0.2, 0.25) is 0 Å². The van der Waals surface area contributed by atoms with Gasteiger partial charge < -0.3 is 10.6 Å². The third-order valence-corrected chi connectivity index (χ3v) is 3.17. The molecule has 0 aliphatic carbocycles. The highest BCUT2D eigenvalue weighted by Crippen LogP contribution is 2.21. The molecule has 2 rings (SSSR count). The molecule has 1 heterocycles. The number of halogens is 1. The molecule has 0 bridgehead atoms. The van der Waals surface area contributed by atoms with Crippen molar-refractivity contribution in [3.63, 3.8) is 0 Å². The maximum atomic E-state index is 12.2. The fourth-order valence-electron chi connectivity index (χ4n) is 1.66. The molecule has 2 aromatic rings. The fourth-order valence-corrected chi connectivity index (χ4v) is 2.02. The van der Waals surface area contributed by atoms with Gasteiger partial charge in [-0.25, -0.2) is 4.98 Å². The van der Waals surface area contributed by atoms with Crippen molar-refractivity contribution in [3.8, 4) is 0 Å². The van der Waals surface area contributed by atoms with E-state index in [9.17, 15) is 4.79 Å². The van der Waals surface area contributed by atoms with Gasteiger partial charge in [0.15, 0.2) is 0 Å². The second-order valence-corrected chi connectivity index (χ2v) is 5.15. The van der Waals surface area contributed by atoms with Gasteiger partial charge in [-0.3, -0.25) is 9.78 Å². The van der Waals surface area contributed by atoms with E-state index >= 15 is 0 Å². The van der Waals surface area contributed by atoms with Crippen LogP contribution in [-0.2, 0) is 0 Å². The number of nitrogens with one attached hydrogen (secondary N) is 2. The van der Waals surface area contributed by atoms with Crippen LogP contribution < -0.4 is 10.6 Å². The third-order valence-electron chi connectivity index (χ3n) is 2.67. The van der Waals surface area contributed by atoms with Crippen molar-refractivity contribution in [1.29, 1.82) is 0 Å². The Morgan fingerprint density at radius 3 is 2.90 bits per heavy atom. The van der Waals surface area contributed by atoms with Crippen LogP contribution in [0.15, 0.2) is 35.1 Å². The minimum atomic E-state index is -0.279. The van der Waals surface area contributed by atoms with Crippen LogP contribution in [0, 0.1) is 6.92 Å². The molecule has 6 heteroatoms. The molecule has 0 radical (unpaired) electrons. The molecule has 1 aromatic heterocycles. The van der Waals surface area contributed by atoms with Gasteiger partial charge in [0.25, 0.3) is 5.91 Å². The van der Waals surface area contributed by atoms with Crippen LogP contribution in [0.1, 0.15) is 23.0 Å². The summed E-state index contributed by atoms with van der Waals surface area (Å²) in [7, 11) is 0. The lowest BCUT2D eigenvalue weighted by atomic mass is 10.2. The van der Waals surface area contributed by atoms with Crippen molar-refractivity contribution < 1.29 is 4.79 Å². The van der Waals surface area contributed by atoms with Crippen molar-refractivity contribution in [2.45, 2.75) is 13.8 Å². The number of carbonyl (C=O) groups excluding carboxylic acids is 1. The second kappa shape index (κ2) is 6.47. The minimum absolute atomic E-state index is 0.279. The standard InChI is InChI=1S/C14H15BrN4O/c1-3-17-13-8-16-7-12(18-13)14(20)19-11-6-10(15)5-4-9(11)2/h4-8H,3H2,1-2H3,(H,17,18)(H,19,20). The second-order valence-electron chi connectivity index (χ2n) is 4.23. The Morgan fingerprint density at radius 2 is 2.15 bits per heavy atom. The van der Waals surface area contributed by atoms with Crippen LogP contribution in [0.2, 0.25) is 0 Å². The average Bonchev–Trinajstić information content (AvgIpc) is 2.43. The molecule has 5 nitrogen and oxygen atoms in total. The van der Waals surface area contributed by atoms with Crippen LogP contribution in [0.3, 0.4) is 0 Å². The molecule has 0 fully saturated rings. The molecule has 0 unspecified atom stereocenters. The van der Waals surface area contributed by atoms with E-state index in [-0.39, 0.29) is 11.6 Å². The maximum absolute atomic E-state index is 12.2. The summed E-state index contributed by atoms with van der Waals surface area (Å²) >= 11 is 3.39. The van der Waals surface area contributed by atoms with Gasteiger partial charge in [0.1, 0.15) is 11.5 Å². The lowest BCUT2D eigenvalue weighted by molar-refractivity contribution is 0.102. The van der Waals surface area contributed by atoms with Crippen LogP contribution in [-0.4, -0.2) is 22.4 Å². The summed E-state index contributed by atoms with van der Waals surface area (Å²) in [5, 5.41) is 5.86. The number of amides is 1. The van der Waals surface area contributed by atoms with Crippen LogP contribution >= 0.6 is 15.9 Å². The number of hydrogen-bond donors (Lipinski definition) is 2. The number of hydrogen-bond acceptors (Lipinski definition) is 4. The zero-order chi connectivity index (χ0) is 14.5. The van der Waals surface area contributed by atoms with E-state index in [1.165, 1.54) is 6.20 Å². The Kier molecular flexibility index (Phi) is 4.68. The number of aryl methyl sites for hydroxylation is 1. The van der Waals surface area contributed by atoms with E-state index in [1.54, 1.807) is 6.20 Å². The largest absolute Gasteiger partial charge is 0.369 e. The summed E-state index contributed by atoms with van der Waals surface area (Å²) in [6, 6.07) is 5.71. The molecule has 104 valence electrons. The Balaban J connectivity index is 2.19. The summed E-state index contributed by atoms with van der Waals surface area (Å²) in [5.41, 5.74) is 2.01. The zero-order valence-corrected chi connectivity index (χ0v) is 12.9. The number of nitrogens with zero attached hydrogens (tertiary/aromatic N) is 2. The SMILES string of the molecule is CCNc1cncc(C(=O)Nc2cc(Br)ccc2C)n1.